The SMILES string of the molecule is CCC1(COC)C[C@H](O)c2ccccc2O1. The highest BCUT2D eigenvalue weighted by Gasteiger charge is 2.39. The summed E-state index contributed by atoms with van der Waals surface area (Å²) >= 11 is 0. The Labute approximate surface area is 96.0 Å². The Kier molecular flexibility index (Phi) is 3.17. The number of hydrogen-bond donors (Lipinski definition) is 1. The molecule has 2 atom stereocenters. The Morgan fingerprint density at radius 3 is 2.94 bits per heavy atom. The molecule has 1 aromatic carbocycles. The topological polar surface area (TPSA) is 38.7 Å². The molecule has 1 heterocycles. The summed E-state index contributed by atoms with van der Waals surface area (Å²) in [6.07, 6.45) is 0.959. The van der Waals surface area contributed by atoms with Gasteiger partial charge in [-0.15, -0.1) is 0 Å². The van der Waals surface area contributed by atoms with E-state index in [-0.39, 0.29) is 5.60 Å². The highest BCUT2D eigenvalue weighted by molar-refractivity contribution is 5.37. The predicted octanol–water partition coefficient (Wildman–Crippen LogP) is 2.30. The van der Waals surface area contributed by atoms with Crippen molar-refractivity contribution in [2.24, 2.45) is 0 Å². The van der Waals surface area contributed by atoms with E-state index in [2.05, 4.69) is 6.92 Å². The molecule has 0 bridgehead atoms. The number of fused-ring (bicyclic) bond motifs is 1. The predicted molar refractivity (Wildman–Crippen MR) is 61.5 cm³/mol. The summed E-state index contributed by atoms with van der Waals surface area (Å²) in [5.74, 6) is 0.778. The lowest BCUT2D eigenvalue weighted by atomic mass is 9.87. The van der Waals surface area contributed by atoms with Crippen LogP contribution in [0.2, 0.25) is 0 Å². The number of aliphatic hydroxyl groups excluding tert-OH is 1. The van der Waals surface area contributed by atoms with Crippen LogP contribution >= 0.6 is 0 Å². The second kappa shape index (κ2) is 4.44. The zero-order valence-corrected chi connectivity index (χ0v) is 9.77. The molecule has 1 aliphatic heterocycles. The lowest BCUT2D eigenvalue weighted by molar-refractivity contribution is -0.0626. The molecule has 2 rings (SSSR count). The Bertz CT molecular complexity index is 364. The third-order valence-electron chi connectivity index (χ3n) is 3.22. The zero-order valence-electron chi connectivity index (χ0n) is 9.77. The Hall–Kier alpha value is -1.06. The third-order valence-corrected chi connectivity index (χ3v) is 3.22. The van der Waals surface area contributed by atoms with E-state index in [4.69, 9.17) is 9.47 Å². The van der Waals surface area contributed by atoms with Crippen molar-refractivity contribution in [1.82, 2.24) is 0 Å². The van der Waals surface area contributed by atoms with Gasteiger partial charge in [-0.2, -0.15) is 0 Å². The number of para-hydroxylation sites is 1. The van der Waals surface area contributed by atoms with Crippen LogP contribution < -0.4 is 4.74 Å². The molecule has 1 aromatic rings. The van der Waals surface area contributed by atoms with E-state index < -0.39 is 6.10 Å². The maximum Gasteiger partial charge on any atom is 0.135 e. The van der Waals surface area contributed by atoms with E-state index in [0.717, 1.165) is 17.7 Å². The molecule has 1 aliphatic rings. The van der Waals surface area contributed by atoms with Crippen LogP contribution in [-0.2, 0) is 4.74 Å². The summed E-state index contributed by atoms with van der Waals surface area (Å²) in [4.78, 5) is 0. The molecule has 88 valence electrons. The van der Waals surface area contributed by atoms with Crippen LogP contribution in [0.5, 0.6) is 5.75 Å². The van der Waals surface area contributed by atoms with Crippen molar-refractivity contribution in [3.05, 3.63) is 29.8 Å². The van der Waals surface area contributed by atoms with Crippen LogP contribution in [0.25, 0.3) is 0 Å². The molecule has 0 radical (unpaired) electrons. The molecule has 0 amide bonds. The molecule has 0 saturated carbocycles. The van der Waals surface area contributed by atoms with Gasteiger partial charge in [-0.3, -0.25) is 0 Å². The second-order valence-electron chi connectivity index (χ2n) is 4.33. The number of benzene rings is 1. The fraction of sp³-hybridized carbons (Fsp3) is 0.538. The van der Waals surface area contributed by atoms with E-state index in [0.29, 0.717) is 13.0 Å². The van der Waals surface area contributed by atoms with Crippen LogP contribution in [0.15, 0.2) is 24.3 Å². The molecule has 0 saturated heterocycles. The summed E-state index contributed by atoms with van der Waals surface area (Å²) in [6.45, 7) is 2.56. The van der Waals surface area contributed by atoms with Gasteiger partial charge in [0.2, 0.25) is 0 Å². The Morgan fingerprint density at radius 1 is 1.50 bits per heavy atom. The lowest BCUT2D eigenvalue weighted by Gasteiger charge is -2.39. The van der Waals surface area contributed by atoms with E-state index in [1.807, 2.05) is 24.3 Å². The van der Waals surface area contributed by atoms with Crippen molar-refractivity contribution in [1.29, 1.82) is 0 Å². The average molecular weight is 222 g/mol. The van der Waals surface area contributed by atoms with E-state index in [1.54, 1.807) is 7.11 Å². The van der Waals surface area contributed by atoms with E-state index >= 15 is 0 Å². The highest BCUT2D eigenvalue weighted by Crippen LogP contribution is 2.40. The van der Waals surface area contributed by atoms with Crippen LogP contribution in [0.3, 0.4) is 0 Å². The minimum absolute atomic E-state index is 0.386. The maximum atomic E-state index is 10.1. The first-order valence-corrected chi connectivity index (χ1v) is 5.66. The number of ether oxygens (including phenoxy) is 2. The minimum atomic E-state index is -0.458. The first-order chi connectivity index (χ1) is 7.71. The molecule has 0 aromatic heterocycles. The largest absolute Gasteiger partial charge is 0.484 e. The van der Waals surface area contributed by atoms with Gasteiger partial charge in [0.1, 0.15) is 11.4 Å². The number of rotatable bonds is 3. The van der Waals surface area contributed by atoms with Gasteiger partial charge in [-0.05, 0) is 12.5 Å². The first-order valence-electron chi connectivity index (χ1n) is 5.66. The molecule has 0 spiro atoms. The molecule has 16 heavy (non-hydrogen) atoms. The molecule has 1 unspecified atom stereocenters. The molecule has 3 heteroatoms. The van der Waals surface area contributed by atoms with Crippen molar-refractivity contribution in [2.45, 2.75) is 31.5 Å². The fourth-order valence-electron chi connectivity index (χ4n) is 2.26. The third kappa shape index (κ3) is 1.93. The summed E-state index contributed by atoms with van der Waals surface area (Å²) in [6, 6.07) is 7.65. The van der Waals surface area contributed by atoms with Crippen molar-refractivity contribution < 1.29 is 14.6 Å². The van der Waals surface area contributed by atoms with Gasteiger partial charge >= 0.3 is 0 Å². The van der Waals surface area contributed by atoms with Crippen LogP contribution in [0.1, 0.15) is 31.4 Å². The summed E-state index contributed by atoms with van der Waals surface area (Å²) < 4.78 is 11.2. The molecular formula is C13H18O3. The Balaban J connectivity index is 2.32. The van der Waals surface area contributed by atoms with Gasteiger partial charge in [0.05, 0.1) is 12.7 Å². The van der Waals surface area contributed by atoms with Gasteiger partial charge < -0.3 is 14.6 Å². The van der Waals surface area contributed by atoms with Gasteiger partial charge in [0.15, 0.2) is 0 Å². The van der Waals surface area contributed by atoms with Crippen molar-refractivity contribution in [3.63, 3.8) is 0 Å². The van der Waals surface area contributed by atoms with Gasteiger partial charge in [-0.25, -0.2) is 0 Å². The van der Waals surface area contributed by atoms with Crippen LogP contribution in [-0.4, -0.2) is 24.4 Å². The number of methoxy groups -OCH3 is 1. The van der Waals surface area contributed by atoms with Crippen molar-refractivity contribution in [3.8, 4) is 5.75 Å². The number of hydrogen-bond acceptors (Lipinski definition) is 3. The maximum absolute atomic E-state index is 10.1. The second-order valence-corrected chi connectivity index (χ2v) is 4.33. The Morgan fingerprint density at radius 2 is 2.25 bits per heavy atom. The highest BCUT2D eigenvalue weighted by atomic mass is 16.5. The lowest BCUT2D eigenvalue weighted by Crippen LogP contribution is -2.44. The monoisotopic (exact) mass is 222 g/mol. The van der Waals surface area contributed by atoms with Gasteiger partial charge in [-0.1, -0.05) is 25.1 Å². The normalized spacial score (nSPS) is 28.3. The minimum Gasteiger partial charge on any atom is -0.484 e. The standard InChI is InChI=1S/C13H18O3/c1-3-13(9-15-2)8-11(14)10-6-4-5-7-12(10)16-13/h4-7,11,14H,3,8-9H2,1-2H3/t11-,13?/m0/s1. The van der Waals surface area contributed by atoms with Crippen LogP contribution in [0.4, 0.5) is 0 Å². The van der Waals surface area contributed by atoms with Gasteiger partial charge in [0.25, 0.3) is 0 Å². The van der Waals surface area contributed by atoms with E-state index in [1.165, 1.54) is 0 Å². The summed E-state index contributed by atoms with van der Waals surface area (Å²) in [5.41, 5.74) is 0.491. The van der Waals surface area contributed by atoms with Crippen molar-refractivity contribution in [2.75, 3.05) is 13.7 Å². The molecular weight excluding hydrogens is 204 g/mol. The molecule has 0 aliphatic carbocycles. The zero-order chi connectivity index (χ0) is 11.6. The summed E-state index contributed by atoms with van der Waals surface area (Å²) in [7, 11) is 1.66. The molecule has 0 fully saturated rings. The van der Waals surface area contributed by atoms with Gasteiger partial charge in [0, 0.05) is 19.1 Å². The first kappa shape index (κ1) is 11.4. The van der Waals surface area contributed by atoms with E-state index in [9.17, 15) is 5.11 Å². The molecule has 1 N–H and O–H groups in total. The number of aliphatic hydroxyl groups is 1. The van der Waals surface area contributed by atoms with Crippen LogP contribution in [0, 0.1) is 0 Å². The van der Waals surface area contributed by atoms with Crippen molar-refractivity contribution >= 4 is 0 Å². The molecule has 3 nitrogen and oxygen atoms in total. The quantitative estimate of drug-likeness (QED) is 0.852. The fourth-order valence-corrected chi connectivity index (χ4v) is 2.26. The smallest absolute Gasteiger partial charge is 0.135 e. The average Bonchev–Trinajstić information content (AvgIpc) is 2.29. The summed E-state index contributed by atoms with van der Waals surface area (Å²) in [5, 5.41) is 10.1.